The molecule has 1 aliphatic heterocycles. The minimum Gasteiger partial charge on any atom is -0.207 e. The lowest BCUT2D eigenvalue weighted by molar-refractivity contribution is 0.471. The summed E-state index contributed by atoms with van der Waals surface area (Å²) < 4.78 is 27.8. The predicted octanol–water partition coefficient (Wildman–Crippen LogP) is 4.28. The van der Waals surface area contributed by atoms with Crippen molar-refractivity contribution in [2.75, 3.05) is 13.1 Å². The molecule has 0 unspecified atom stereocenters. The van der Waals surface area contributed by atoms with Crippen molar-refractivity contribution in [1.82, 2.24) is 4.31 Å². The molecule has 26 heavy (non-hydrogen) atoms. The number of allylic oxidation sites excluding steroid dienone is 2. The molecule has 134 valence electrons. The second kappa shape index (κ2) is 6.53. The quantitative estimate of drug-likeness (QED) is 0.762. The average Bonchev–Trinajstić information content (AvgIpc) is 3.08. The molecule has 3 nitrogen and oxygen atoms in total. The van der Waals surface area contributed by atoms with Gasteiger partial charge in [0, 0.05) is 19.0 Å². The zero-order valence-corrected chi connectivity index (χ0v) is 15.9. The SMILES string of the molecule is Cc1ccc(S(=O)(=O)N2CC3=C(c4ccccc4)[C@@H](C)C=C[C@H]3C2)cc1. The Morgan fingerprint density at radius 3 is 2.35 bits per heavy atom. The van der Waals surface area contributed by atoms with Crippen LogP contribution in [-0.2, 0) is 10.0 Å². The Morgan fingerprint density at radius 1 is 0.962 bits per heavy atom. The Hall–Kier alpha value is -2.17. The van der Waals surface area contributed by atoms with Gasteiger partial charge in [-0.25, -0.2) is 8.42 Å². The van der Waals surface area contributed by atoms with Crippen molar-refractivity contribution in [3.63, 3.8) is 0 Å². The number of benzene rings is 2. The van der Waals surface area contributed by atoms with Crippen LogP contribution in [0.2, 0.25) is 0 Å². The average molecular weight is 365 g/mol. The van der Waals surface area contributed by atoms with Crippen LogP contribution in [-0.4, -0.2) is 25.8 Å². The van der Waals surface area contributed by atoms with Gasteiger partial charge in [-0.1, -0.05) is 67.1 Å². The smallest absolute Gasteiger partial charge is 0.207 e. The van der Waals surface area contributed by atoms with Crippen LogP contribution >= 0.6 is 0 Å². The summed E-state index contributed by atoms with van der Waals surface area (Å²) in [4.78, 5) is 0.376. The third kappa shape index (κ3) is 2.93. The highest BCUT2D eigenvalue weighted by Gasteiger charge is 2.38. The number of sulfonamides is 1. The maximum Gasteiger partial charge on any atom is 0.243 e. The van der Waals surface area contributed by atoms with Crippen molar-refractivity contribution < 1.29 is 8.42 Å². The van der Waals surface area contributed by atoms with Crippen molar-refractivity contribution in [2.24, 2.45) is 11.8 Å². The zero-order chi connectivity index (χ0) is 18.3. The maximum atomic E-state index is 13.1. The van der Waals surface area contributed by atoms with Gasteiger partial charge < -0.3 is 0 Å². The Bertz CT molecular complexity index is 973. The fourth-order valence-electron chi connectivity index (χ4n) is 3.96. The van der Waals surface area contributed by atoms with Crippen LogP contribution in [0.1, 0.15) is 18.1 Å². The summed E-state index contributed by atoms with van der Waals surface area (Å²) >= 11 is 0. The number of nitrogens with zero attached hydrogens (tertiary/aromatic N) is 1. The van der Waals surface area contributed by atoms with E-state index in [1.807, 2.05) is 37.3 Å². The van der Waals surface area contributed by atoms with Crippen molar-refractivity contribution in [2.45, 2.75) is 18.7 Å². The number of aryl methyl sites for hydroxylation is 1. The number of rotatable bonds is 3. The van der Waals surface area contributed by atoms with Gasteiger partial charge in [0.1, 0.15) is 0 Å². The summed E-state index contributed by atoms with van der Waals surface area (Å²) in [5.41, 5.74) is 4.77. The van der Waals surface area contributed by atoms with E-state index in [1.54, 1.807) is 16.4 Å². The number of fused-ring (bicyclic) bond motifs is 1. The van der Waals surface area contributed by atoms with Crippen LogP contribution in [0.3, 0.4) is 0 Å². The van der Waals surface area contributed by atoms with E-state index in [0.29, 0.717) is 23.9 Å². The molecular formula is C22H23NO2S. The Morgan fingerprint density at radius 2 is 1.65 bits per heavy atom. The largest absolute Gasteiger partial charge is 0.243 e. The first-order chi connectivity index (χ1) is 12.5. The van der Waals surface area contributed by atoms with Crippen LogP contribution in [0.25, 0.3) is 5.57 Å². The molecule has 2 aliphatic rings. The van der Waals surface area contributed by atoms with Gasteiger partial charge in [0.05, 0.1) is 4.90 Å². The first-order valence-corrected chi connectivity index (χ1v) is 10.4. The summed E-state index contributed by atoms with van der Waals surface area (Å²) in [6.07, 6.45) is 4.38. The molecule has 0 radical (unpaired) electrons. The van der Waals surface area contributed by atoms with E-state index in [2.05, 4.69) is 31.2 Å². The fraction of sp³-hybridized carbons (Fsp3) is 0.273. The second-order valence-electron chi connectivity index (χ2n) is 7.20. The minimum atomic E-state index is -3.47. The van der Waals surface area contributed by atoms with E-state index >= 15 is 0 Å². The van der Waals surface area contributed by atoms with E-state index in [1.165, 1.54) is 16.7 Å². The molecule has 0 bridgehead atoms. The highest BCUT2D eigenvalue weighted by atomic mass is 32.2. The maximum absolute atomic E-state index is 13.1. The fourth-order valence-corrected chi connectivity index (χ4v) is 5.41. The highest BCUT2D eigenvalue weighted by Crippen LogP contribution is 2.41. The molecule has 1 heterocycles. The van der Waals surface area contributed by atoms with E-state index < -0.39 is 10.0 Å². The van der Waals surface area contributed by atoms with Crippen LogP contribution in [0.4, 0.5) is 0 Å². The molecule has 0 N–H and O–H groups in total. The lowest BCUT2D eigenvalue weighted by Crippen LogP contribution is -2.28. The monoisotopic (exact) mass is 365 g/mol. The van der Waals surface area contributed by atoms with Crippen LogP contribution in [0.15, 0.2) is 77.2 Å². The van der Waals surface area contributed by atoms with Gasteiger partial charge in [-0.3, -0.25) is 0 Å². The standard InChI is InChI=1S/C22H23NO2S/c1-16-8-12-20(13-9-16)26(24,25)23-14-19-11-10-17(2)22(21(19)15-23)18-6-4-3-5-7-18/h3-13,17,19H,14-15H2,1-2H3/t17-,19-/m0/s1. The molecule has 0 saturated carbocycles. The van der Waals surface area contributed by atoms with Crippen molar-refractivity contribution in [3.05, 3.63) is 83.4 Å². The normalized spacial score (nSPS) is 23.3. The molecule has 1 aliphatic carbocycles. The van der Waals surface area contributed by atoms with Gasteiger partial charge >= 0.3 is 0 Å². The molecule has 0 amide bonds. The molecule has 2 aromatic carbocycles. The summed E-state index contributed by atoms with van der Waals surface area (Å²) in [5.74, 6) is 0.465. The topological polar surface area (TPSA) is 37.4 Å². The molecule has 2 aromatic rings. The van der Waals surface area contributed by atoms with Gasteiger partial charge in [-0.2, -0.15) is 4.31 Å². The van der Waals surface area contributed by atoms with E-state index in [0.717, 1.165) is 5.56 Å². The van der Waals surface area contributed by atoms with Crippen LogP contribution in [0.5, 0.6) is 0 Å². The van der Waals surface area contributed by atoms with Crippen LogP contribution < -0.4 is 0 Å². The number of hydrogen-bond donors (Lipinski definition) is 0. The van der Waals surface area contributed by atoms with E-state index in [-0.39, 0.29) is 5.92 Å². The summed E-state index contributed by atoms with van der Waals surface area (Å²) in [7, 11) is -3.47. The molecule has 2 atom stereocenters. The molecule has 0 spiro atoms. The molecule has 1 saturated heterocycles. The van der Waals surface area contributed by atoms with Gasteiger partial charge in [0.2, 0.25) is 10.0 Å². The van der Waals surface area contributed by atoms with E-state index in [9.17, 15) is 8.42 Å². The van der Waals surface area contributed by atoms with E-state index in [4.69, 9.17) is 0 Å². The zero-order valence-electron chi connectivity index (χ0n) is 15.1. The lowest BCUT2D eigenvalue weighted by atomic mass is 9.81. The summed E-state index contributed by atoms with van der Waals surface area (Å²) in [6.45, 7) is 5.13. The number of hydrogen-bond acceptors (Lipinski definition) is 2. The van der Waals surface area contributed by atoms with Gasteiger partial charge in [-0.05, 0) is 41.7 Å². The van der Waals surface area contributed by atoms with Crippen LogP contribution in [0, 0.1) is 18.8 Å². The van der Waals surface area contributed by atoms with Gasteiger partial charge in [-0.15, -0.1) is 0 Å². The second-order valence-corrected chi connectivity index (χ2v) is 9.13. The van der Waals surface area contributed by atoms with Gasteiger partial charge in [0.15, 0.2) is 0 Å². The Kier molecular flexibility index (Phi) is 4.33. The summed E-state index contributed by atoms with van der Waals surface area (Å²) in [6, 6.07) is 17.4. The third-order valence-corrected chi connectivity index (χ3v) is 7.20. The summed E-state index contributed by atoms with van der Waals surface area (Å²) in [5, 5.41) is 0. The third-order valence-electron chi connectivity index (χ3n) is 5.37. The molecule has 1 fully saturated rings. The minimum absolute atomic E-state index is 0.168. The lowest BCUT2D eigenvalue weighted by Gasteiger charge is -2.23. The predicted molar refractivity (Wildman–Crippen MR) is 105 cm³/mol. The Labute approximate surface area is 155 Å². The molecular weight excluding hydrogens is 342 g/mol. The Balaban J connectivity index is 1.73. The first kappa shape index (κ1) is 17.3. The van der Waals surface area contributed by atoms with Crippen molar-refractivity contribution >= 4 is 15.6 Å². The highest BCUT2D eigenvalue weighted by molar-refractivity contribution is 7.89. The molecule has 0 aromatic heterocycles. The molecule has 4 rings (SSSR count). The van der Waals surface area contributed by atoms with Gasteiger partial charge in [0.25, 0.3) is 0 Å². The first-order valence-electron chi connectivity index (χ1n) is 9.00. The van der Waals surface area contributed by atoms with Crippen molar-refractivity contribution in [3.8, 4) is 0 Å². The molecule has 4 heteroatoms. The van der Waals surface area contributed by atoms with Crippen molar-refractivity contribution in [1.29, 1.82) is 0 Å².